The van der Waals surface area contributed by atoms with E-state index in [-0.39, 0.29) is 13.0 Å². The lowest BCUT2D eigenvalue weighted by Crippen LogP contribution is -2.01. The van der Waals surface area contributed by atoms with Crippen molar-refractivity contribution in [2.45, 2.75) is 34.1 Å². The van der Waals surface area contributed by atoms with E-state index in [1.54, 1.807) is 12.2 Å². The summed E-state index contributed by atoms with van der Waals surface area (Å²) in [5, 5.41) is 8.31. The van der Waals surface area contributed by atoms with Crippen molar-refractivity contribution < 1.29 is 14.6 Å². The summed E-state index contributed by atoms with van der Waals surface area (Å²) >= 11 is 0. The van der Waals surface area contributed by atoms with Gasteiger partial charge in [0.05, 0.1) is 13.0 Å². The molecule has 0 rings (SSSR count). The van der Waals surface area contributed by atoms with Gasteiger partial charge in [0.15, 0.2) is 0 Å². The average Bonchev–Trinajstić information content (AvgIpc) is 2.19. The normalized spacial score (nSPS) is 10.7. The number of rotatable bonds is 5. The first-order chi connectivity index (χ1) is 6.70. The second-order valence-electron chi connectivity index (χ2n) is 2.18. The highest BCUT2D eigenvalue weighted by atomic mass is 16.5. The van der Waals surface area contributed by atoms with Gasteiger partial charge in [-0.25, -0.2) is 0 Å². The summed E-state index contributed by atoms with van der Waals surface area (Å²) in [6.07, 6.45) is 5.47. The van der Waals surface area contributed by atoms with Crippen molar-refractivity contribution in [3.05, 3.63) is 24.0 Å². The van der Waals surface area contributed by atoms with E-state index in [9.17, 15) is 4.79 Å². The molecule has 0 aliphatic heterocycles. The Morgan fingerprint density at radius 3 is 2.29 bits per heavy atom. The summed E-state index contributed by atoms with van der Waals surface area (Å²) in [6.45, 7) is 7.94. The minimum absolute atomic E-state index is 0.0366. The van der Waals surface area contributed by atoms with Crippen LogP contribution in [0, 0.1) is 0 Å². The lowest BCUT2D eigenvalue weighted by atomic mass is 10.4. The Morgan fingerprint density at radius 1 is 1.36 bits per heavy atom. The number of carboxylic acid groups (broad SMARTS) is 1. The van der Waals surface area contributed by atoms with Gasteiger partial charge in [-0.1, -0.05) is 19.9 Å². The summed E-state index contributed by atoms with van der Waals surface area (Å²) < 4.78 is 5.14. The lowest BCUT2D eigenvalue weighted by molar-refractivity contribution is -0.137. The molecule has 0 aromatic carbocycles. The SMILES string of the molecule is C/C=C\C(=C/C)OCCC(=O)O.CC. The number of ether oxygens (including phenoxy) is 1. The van der Waals surface area contributed by atoms with Gasteiger partial charge in [0.2, 0.25) is 0 Å². The molecule has 14 heavy (non-hydrogen) atoms. The molecule has 82 valence electrons. The van der Waals surface area contributed by atoms with Gasteiger partial charge in [-0.15, -0.1) is 0 Å². The van der Waals surface area contributed by atoms with Crippen LogP contribution in [0.1, 0.15) is 34.1 Å². The van der Waals surface area contributed by atoms with E-state index in [0.717, 1.165) is 0 Å². The van der Waals surface area contributed by atoms with Crippen LogP contribution < -0.4 is 0 Å². The van der Waals surface area contributed by atoms with Gasteiger partial charge >= 0.3 is 5.97 Å². The highest BCUT2D eigenvalue weighted by molar-refractivity contribution is 5.66. The summed E-state index contributed by atoms with van der Waals surface area (Å²) in [5.74, 6) is -0.135. The number of allylic oxidation sites excluding steroid dienone is 3. The van der Waals surface area contributed by atoms with E-state index in [2.05, 4.69) is 0 Å². The Morgan fingerprint density at radius 2 is 1.93 bits per heavy atom. The minimum atomic E-state index is -0.842. The Kier molecular flexibility index (Phi) is 12.8. The van der Waals surface area contributed by atoms with E-state index in [0.29, 0.717) is 5.76 Å². The van der Waals surface area contributed by atoms with Crippen LogP contribution in [-0.2, 0) is 9.53 Å². The molecule has 0 aliphatic carbocycles. The van der Waals surface area contributed by atoms with Crippen LogP contribution >= 0.6 is 0 Å². The molecule has 0 saturated heterocycles. The molecule has 0 aromatic heterocycles. The second-order valence-corrected chi connectivity index (χ2v) is 2.18. The Labute approximate surface area is 86.1 Å². The van der Waals surface area contributed by atoms with Crippen molar-refractivity contribution in [1.29, 1.82) is 0 Å². The molecule has 0 bridgehead atoms. The molecule has 0 fully saturated rings. The molecule has 0 atom stereocenters. The zero-order valence-corrected chi connectivity index (χ0v) is 9.41. The van der Waals surface area contributed by atoms with Crippen LogP contribution in [0.15, 0.2) is 24.0 Å². The molecule has 0 aromatic rings. The third kappa shape index (κ3) is 10.8. The van der Waals surface area contributed by atoms with Crippen LogP contribution in [0.2, 0.25) is 0 Å². The van der Waals surface area contributed by atoms with E-state index in [4.69, 9.17) is 9.84 Å². The van der Waals surface area contributed by atoms with Crippen LogP contribution in [0.25, 0.3) is 0 Å². The van der Waals surface area contributed by atoms with Gasteiger partial charge in [0, 0.05) is 0 Å². The molecule has 0 spiro atoms. The Bertz CT molecular complexity index is 193. The molecule has 0 amide bonds. The quantitative estimate of drug-likeness (QED) is 0.548. The van der Waals surface area contributed by atoms with Crippen molar-refractivity contribution in [2.24, 2.45) is 0 Å². The van der Waals surface area contributed by atoms with Crippen molar-refractivity contribution in [3.8, 4) is 0 Å². The molecule has 0 aliphatic rings. The Balaban J connectivity index is 0. The second kappa shape index (κ2) is 11.8. The predicted octanol–water partition coefficient (Wildman–Crippen LogP) is 2.98. The molecule has 0 saturated carbocycles. The smallest absolute Gasteiger partial charge is 0.306 e. The van der Waals surface area contributed by atoms with Gasteiger partial charge in [-0.2, -0.15) is 0 Å². The standard InChI is InChI=1S/C9H14O3.C2H6/c1-3-5-8(4-2)12-7-6-9(10)11;1-2/h3-5H,6-7H2,1-2H3,(H,10,11);1-2H3/b5-3-,8-4+;. The van der Waals surface area contributed by atoms with Crippen LogP contribution in [0.4, 0.5) is 0 Å². The van der Waals surface area contributed by atoms with E-state index >= 15 is 0 Å². The van der Waals surface area contributed by atoms with E-state index in [1.807, 2.05) is 33.8 Å². The number of hydrogen-bond acceptors (Lipinski definition) is 2. The largest absolute Gasteiger partial charge is 0.493 e. The molecular formula is C11H20O3. The maximum absolute atomic E-state index is 10.1. The van der Waals surface area contributed by atoms with Crippen molar-refractivity contribution in [3.63, 3.8) is 0 Å². The van der Waals surface area contributed by atoms with Gasteiger partial charge in [-0.05, 0) is 26.0 Å². The third-order valence-electron chi connectivity index (χ3n) is 1.20. The average molecular weight is 200 g/mol. The predicted molar refractivity (Wildman–Crippen MR) is 58.1 cm³/mol. The van der Waals surface area contributed by atoms with Crippen molar-refractivity contribution in [2.75, 3.05) is 6.61 Å². The van der Waals surface area contributed by atoms with Crippen molar-refractivity contribution in [1.82, 2.24) is 0 Å². The highest BCUT2D eigenvalue weighted by Gasteiger charge is 1.96. The molecule has 0 heterocycles. The van der Waals surface area contributed by atoms with Crippen LogP contribution in [0.3, 0.4) is 0 Å². The monoisotopic (exact) mass is 200 g/mol. The number of carboxylic acids is 1. The zero-order chi connectivity index (χ0) is 11.4. The van der Waals surface area contributed by atoms with Gasteiger partial charge in [-0.3, -0.25) is 4.79 Å². The first-order valence-electron chi connectivity index (χ1n) is 4.84. The summed E-state index contributed by atoms with van der Waals surface area (Å²) in [6, 6.07) is 0. The van der Waals surface area contributed by atoms with Crippen molar-refractivity contribution >= 4 is 5.97 Å². The number of hydrogen-bond donors (Lipinski definition) is 1. The Hall–Kier alpha value is -1.25. The fourth-order valence-corrected chi connectivity index (χ4v) is 0.648. The molecule has 0 radical (unpaired) electrons. The molecule has 3 nitrogen and oxygen atoms in total. The fraction of sp³-hybridized carbons (Fsp3) is 0.545. The van der Waals surface area contributed by atoms with Gasteiger partial charge in [0.1, 0.15) is 5.76 Å². The molecule has 1 N–H and O–H groups in total. The fourth-order valence-electron chi connectivity index (χ4n) is 0.648. The molecule has 3 heteroatoms. The molecular weight excluding hydrogens is 180 g/mol. The van der Waals surface area contributed by atoms with Gasteiger partial charge in [0.25, 0.3) is 0 Å². The van der Waals surface area contributed by atoms with Crippen LogP contribution in [-0.4, -0.2) is 17.7 Å². The van der Waals surface area contributed by atoms with Crippen LogP contribution in [0.5, 0.6) is 0 Å². The van der Waals surface area contributed by atoms with E-state index < -0.39 is 5.97 Å². The highest BCUT2D eigenvalue weighted by Crippen LogP contribution is 1.99. The topological polar surface area (TPSA) is 46.5 Å². The summed E-state index contributed by atoms with van der Waals surface area (Å²) in [5.41, 5.74) is 0. The lowest BCUT2D eigenvalue weighted by Gasteiger charge is -2.03. The van der Waals surface area contributed by atoms with Gasteiger partial charge < -0.3 is 9.84 Å². The number of carbonyl (C=O) groups is 1. The maximum Gasteiger partial charge on any atom is 0.306 e. The maximum atomic E-state index is 10.1. The zero-order valence-electron chi connectivity index (χ0n) is 9.41. The minimum Gasteiger partial charge on any atom is -0.493 e. The third-order valence-corrected chi connectivity index (χ3v) is 1.20. The molecule has 0 unspecified atom stereocenters. The number of aliphatic carboxylic acids is 1. The first-order valence-corrected chi connectivity index (χ1v) is 4.84. The summed E-state index contributed by atoms with van der Waals surface area (Å²) in [4.78, 5) is 10.1. The van der Waals surface area contributed by atoms with E-state index in [1.165, 1.54) is 0 Å². The summed E-state index contributed by atoms with van der Waals surface area (Å²) in [7, 11) is 0. The first kappa shape index (κ1) is 15.2.